The zero-order chi connectivity index (χ0) is 11.1. The summed E-state index contributed by atoms with van der Waals surface area (Å²) in [6.45, 7) is 1.06. The van der Waals surface area contributed by atoms with Crippen molar-refractivity contribution in [3.63, 3.8) is 0 Å². The molecule has 1 heterocycles. The quantitative estimate of drug-likeness (QED) is 0.536. The Kier molecular flexibility index (Phi) is 5.01. The molecule has 15 heavy (non-hydrogen) atoms. The lowest BCUT2D eigenvalue weighted by Crippen LogP contribution is -2.28. The summed E-state index contributed by atoms with van der Waals surface area (Å²) in [6.07, 6.45) is -0.0821. The Hall–Kier alpha value is -1.19. The maximum atomic E-state index is 10.9. The first-order chi connectivity index (χ1) is 7.18. The summed E-state index contributed by atoms with van der Waals surface area (Å²) in [5.74, 6) is 0. The van der Waals surface area contributed by atoms with Crippen molar-refractivity contribution < 1.29 is 27.5 Å². The normalized spacial score (nSPS) is 16.8. The van der Waals surface area contributed by atoms with Crippen molar-refractivity contribution in [2.45, 2.75) is 18.9 Å². The molecule has 0 saturated carbocycles. The average Bonchev–Trinajstić information content (AvgIpc) is 2.18. The third-order valence-corrected chi connectivity index (χ3v) is 1.90. The molecule has 0 bridgehead atoms. The van der Waals surface area contributed by atoms with Gasteiger partial charge in [-0.2, -0.15) is 8.42 Å². The first-order valence-corrected chi connectivity index (χ1v) is 5.22. The van der Waals surface area contributed by atoms with Gasteiger partial charge >= 0.3 is 16.7 Å². The summed E-state index contributed by atoms with van der Waals surface area (Å²) in [6, 6.07) is 0. The van der Waals surface area contributed by atoms with Crippen LogP contribution < -0.4 is 5.59 Å². The number of hydrogen-bond donors (Lipinski definition) is 1. The molecule has 1 fully saturated rings. The fourth-order valence-electron chi connectivity index (χ4n) is 1.04. The van der Waals surface area contributed by atoms with Crippen LogP contribution in [0.3, 0.4) is 0 Å². The summed E-state index contributed by atoms with van der Waals surface area (Å²) in [4.78, 5) is 15.0. The molecule has 1 saturated heterocycles. The molecule has 1 N–H and O–H groups in total. The van der Waals surface area contributed by atoms with Gasteiger partial charge in [0, 0.05) is 12.8 Å². The molecule has 0 aromatic heterocycles. The molecule has 0 aliphatic carbocycles. The summed E-state index contributed by atoms with van der Waals surface area (Å²) in [7, 11) is -2.68. The first kappa shape index (κ1) is 11.9. The Labute approximate surface area is 87.1 Å². The maximum absolute atomic E-state index is 10.9. The Morgan fingerprint density at radius 3 is 2.67 bits per heavy atom. The Morgan fingerprint density at radius 2 is 2.07 bits per heavy atom. The predicted octanol–water partition coefficient (Wildman–Crippen LogP) is -0.199. The van der Waals surface area contributed by atoms with E-state index in [-0.39, 0.29) is 6.10 Å². The number of hydrogen-bond acceptors (Lipinski definition) is 7. The highest BCUT2D eigenvalue weighted by Gasteiger charge is 2.18. The van der Waals surface area contributed by atoms with Gasteiger partial charge in [-0.25, -0.2) is 4.79 Å². The number of carbonyl (C=O) groups excluding carboxylic acids is 1. The summed E-state index contributed by atoms with van der Waals surface area (Å²) >= 11 is 0. The lowest BCUT2D eigenvalue weighted by atomic mass is 10.2. The van der Waals surface area contributed by atoms with Crippen molar-refractivity contribution in [1.29, 1.82) is 0 Å². The van der Waals surface area contributed by atoms with Gasteiger partial charge in [-0.15, -0.1) is 0 Å². The number of nitrogens with zero attached hydrogens (tertiary/aromatic N) is 1. The fourth-order valence-corrected chi connectivity index (χ4v) is 1.14. The molecule has 0 radical (unpaired) electrons. The highest BCUT2D eigenvalue weighted by molar-refractivity contribution is 7.61. The van der Waals surface area contributed by atoms with Gasteiger partial charge in [-0.3, -0.25) is 0 Å². The van der Waals surface area contributed by atoms with E-state index in [4.69, 9.17) is 9.47 Å². The Balaban J connectivity index is 2.20. The van der Waals surface area contributed by atoms with Crippen molar-refractivity contribution in [2.24, 2.45) is 4.47 Å². The van der Waals surface area contributed by atoms with Gasteiger partial charge in [0.05, 0.1) is 13.2 Å². The van der Waals surface area contributed by atoms with Crippen molar-refractivity contribution in [2.75, 3.05) is 13.2 Å². The SMILES string of the molecule is O=C(ONN=S(=O)=O)OC1CCOCC1. The third kappa shape index (κ3) is 5.30. The van der Waals surface area contributed by atoms with Crippen molar-refractivity contribution >= 4 is 16.7 Å². The molecule has 9 heteroatoms. The summed E-state index contributed by atoms with van der Waals surface area (Å²) < 4.78 is 32.3. The maximum Gasteiger partial charge on any atom is 0.529 e. The van der Waals surface area contributed by atoms with E-state index in [9.17, 15) is 13.2 Å². The molecule has 86 valence electrons. The molecule has 8 nitrogen and oxygen atoms in total. The van der Waals surface area contributed by atoms with E-state index >= 15 is 0 Å². The average molecular weight is 238 g/mol. The van der Waals surface area contributed by atoms with Gasteiger partial charge < -0.3 is 14.3 Å². The van der Waals surface area contributed by atoms with Crippen LogP contribution in [0.2, 0.25) is 0 Å². The van der Waals surface area contributed by atoms with Crippen LogP contribution in [-0.2, 0) is 24.8 Å². The van der Waals surface area contributed by atoms with Crippen molar-refractivity contribution in [3.8, 4) is 0 Å². The van der Waals surface area contributed by atoms with E-state index in [0.717, 1.165) is 0 Å². The van der Waals surface area contributed by atoms with E-state index in [1.807, 2.05) is 0 Å². The van der Waals surface area contributed by atoms with Crippen molar-refractivity contribution in [1.82, 2.24) is 5.59 Å². The Morgan fingerprint density at radius 1 is 1.40 bits per heavy atom. The second-order valence-electron chi connectivity index (χ2n) is 2.68. The third-order valence-electron chi connectivity index (χ3n) is 1.67. The van der Waals surface area contributed by atoms with Crippen LogP contribution in [0, 0.1) is 0 Å². The smallest absolute Gasteiger partial charge is 0.430 e. The largest absolute Gasteiger partial charge is 0.529 e. The molecular formula is C6H10N2O6S. The van der Waals surface area contributed by atoms with E-state index in [0.29, 0.717) is 26.1 Å². The topological polar surface area (TPSA) is 103 Å². The van der Waals surface area contributed by atoms with E-state index in [1.54, 1.807) is 5.59 Å². The van der Waals surface area contributed by atoms with Crippen LogP contribution in [0.1, 0.15) is 12.8 Å². The van der Waals surface area contributed by atoms with Gasteiger partial charge in [0.2, 0.25) is 0 Å². The second kappa shape index (κ2) is 6.32. The molecule has 1 aliphatic rings. The van der Waals surface area contributed by atoms with Gasteiger partial charge in [-0.05, 0) is 10.1 Å². The molecule has 0 amide bonds. The molecule has 0 aromatic carbocycles. The highest BCUT2D eigenvalue weighted by atomic mass is 32.2. The molecule has 1 rings (SSSR count). The van der Waals surface area contributed by atoms with Gasteiger partial charge in [0.1, 0.15) is 6.10 Å². The zero-order valence-electron chi connectivity index (χ0n) is 7.71. The van der Waals surface area contributed by atoms with E-state index in [1.165, 1.54) is 0 Å². The van der Waals surface area contributed by atoms with Crippen LogP contribution >= 0.6 is 0 Å². The molecule has 0 unspecified atom stereocenters. The van der Waals surface area contributed by atoms with Gasteiger partial charge in [0.25, 0.3) is 0 Å². The lowest BCUT2D eigenvalue weighted by molar-refractivity contribution is -0.0427. The monoisotopic (exact) mass is 238 g/mol. The molecule has 1 aliphatic heterocycles. The molecular weight excluding hydrogens is 228 g/mol. The van der Waals surface area contributed by atoms with Gasteiger partial charge in [0.15, 0.2) is 0 Å². The molecule has 0 spiro atoms. The van der Waals surface area contributed by atoms with Gasteiger partial charge in [-0.1, -0.05) is 0 Å². The minimum Gasteiger partial charge on any atom is -0.430 e. The second-order valence-corrected chi connectivity index (χ2v) is 3.30. The summed E-state index contributed by atoms with van der Waals surface area (Å²) in [5.41, 5.74) is 1.58. The predicted molar refractivity (Wildman–Crippen MR) is 45.9 cm³/mol. The Bertz CT molecular complexity index is 326. The number of nitrogens with one attached hydrogen (secondary N) is 1. The minimum absolute atomic E-state index is 0.259. The minimum atomic E-state index is -2.68. The van der Waals surface area contributed by atoms with E-state index in [2.05, 4.69) is 9.31 Å². The number of carbonyl (C=O) groups is 1. The standard InChI is InChI=1S/C6H10N2O6S/c9-6(14-7-8-15(10)11)13-5-1-3-12-4-2-5/h5,7H,1-4H2. The van der Waals surface area contributed by atoms with Crippen molar-refractivity contribution in [3.05, 3.63) is 0 Å². The van der Waals surface area contributed by atoms with Crippen LogP contribution in [0.4, 0.5) is 4.79 Å². The summed E-state index contributed by atoms with van der Waals surface area (Å²) in [5, 5.41) is 0. The van der Waals surface area contributed by atoms with Crippen LogP contribution in [0.15, 0.2) is 4.47 Å². The van der Waals surface area contributed by atoms with Crippen LogP contribution in [0.5, 0.6) is 0 Å². The number of rotatable bonds is 3. The molecule has 0 aromatic rings. The zero-order valence-corrected chi connectivity index (χ0v) is 8.53. The molecule has 0 atom stereocenters. The fraction of sp³-hybridized carbons (Fsp3) is 0.833. The van der Waals surface area contributed by atoms with E-state index < -0.39 is 16.7 Å². The number of ether oxygens (including phenoxy) is 2. The first-order valence-electron chi connectivity index (χ1n) is 4.19. The lowest BCUT2D eigenvalue weighted by Gasteiger charge is -2.21. The highest BCUT2D eigenvalue weighted by Crippen LogP contribution is 2.10. The van der Waals surface area contributed by atoms with Crippen LogP contribution in [-0.4, -0.2) is 33.9 Å². The van der Waals surface area contributed by atoms with Crippen LogP contribution in [0.25, 0.3) is 0 Å².